The molecule has 1 N–H and O–H groups in total. The Labute approximate surface area is 158 Å². The van der Waals surface area contributed by atoms with Crippen molar-refractivity contribution in [1.29, 1.82) is 0 Å². The van der Waals surface area contributed by atoms with Crippen LogP contribution in [0.4, 0.5) is 16.2 Å². The third kappa shape index (κ3) is 3.65. The molecule has 6 nitrogen and oxygen atoms in total. The smallest absolute Gasteiger partial charge is 0.322 e. The number of nitrogens with zero attached hydrogens (tertiary/aromatic N) is 3. The van der Waals surface area contributed by atoms with Crippen molar-refractivity contribution in [2.75, 3.05) is 43.5 Å². The first-order valence-electron chi connectivity index (χ1n) is 9.03. The summed E-state index contributed by atoms with van der Waals surface area (Å²) in [4.78, 5) is 21.2. The molecule has 0 spiro atoms. The number of para-hydroxylation sites is 1. The monoisotopic (exact) mass is 362 g/mol. The summed E-state index contributed by atoms with van der Waals surface area (Å²) in [7, 11) is 1.67. The zero-order valence-electron chi connectivity index (χ0n) is 15.3. The molecule has 1 saturated heterocycles. The molecule has 4 rings (SSSR count). The van der Waals surface area contributed by atoms with Crippen molar-refractivity contribution in [1.82, 2.24) is 9.88 Å². The number of fused-ring (bicyclic) bond motifs is 1. The van der Waals surface area contributed by atoms with Crippen LogP contribution >= 0.6 is 0 Å². The minimum atomic E-state index is -0.0848. The number of hydrogen-bond acceptors (Lipinski definition) is 4. The molecule has 0 bridgehead atoms. The number of rotatable bonds is 3. The van der Waals surface area contributed by atoms with Crippen molar-refractivity contribution in [2.45, 2.75) is 0 Å². The molecule has 1 fully saturated rings. The molecule has 0 saturated carbocycles. The Morgan fingerprint density at radius 3 is 2.63 bits per heavy atom. The predicted octanol–water partition coefficient (Wildman–Crippen LogP) is 3.60. The van der Waals surface area contributed by atoms with E-state index >= 15 is 0 Å². The summed E-state index contributed by atoms with van der Waals surface area (Å²) in [6.07, 6.45) is 1.74. The van der Waals surface area contributed by atoms with Crippen LogP contribution in [0.1, 0.15) is 0 Å². The molecule has 0 aliphatic carbocycles. The van der Waals surface area contributed by atoms with Gasteiger partial charge in [0.25, 0.3) is 0 Å². The zero-order chi connectivity index (χ0) is 18.6. The van der Waals surface area contributed by atoms with E-state index in [-0.39, 0.29) is 6.03 Å². The molecule has 1 aliphatic rings. The number of benzene rings is 2. The summed E-state index contributed by atoms with van der Waals surface area (Å²) in [6, 6.07) is 17.6. The Morgan fingerprint density at radius 2 is 1.81 bits per heavy atom. The Kier molecular flexibility index (Phi) is 4.78. The molecule has 3 aromatic rings. The maximum Gasteiger partial charge on any atom is 0.322 e. The largest absolute Gasteiger partial charge is 0.497 e. The summed E-state index contributed by atoms with van der Waals surface area (Å²) in [5.41, 5.74) is 2.67. The fourth-order valence-corrected chi connectivity index (χ4v) is 3.37. The highest BCUT2D eigenvalue weighted by atomic mass is 16.5. The highest BCUT2D eigenvalue weighted by molar-refractivity contribution is 5.99. The van der Waals surface area contributed by atoms with Crippen LogP contribution in [0.15, 0.2) is 60.8 Å². The number of methoxy groups -OCH3 is 1. The van der Waals surface area contributed by atoms with Crippen LogP contribution in [0.2, 0.25) is 0 Å². The number of anilines is 2. The first-order valence-corrected chi connectivity index (χ1v) is 9.03. The summed E-state index contributed by atoms with van der Waals surface area (Å²) in [6.45, 7) is 2.91. The van der Waals surface area contributed by atoms with Gasteiger partial charge in [-0.3, -0.25) is 4.98 Å². The van der Waals surface area contributed by atoms with E-state index in [9.17, 15) is 4.79 Å². The van der Waals surface area contributed by atoms with Crippen molar-refractivity contribution in [3.63, 3.8) is 0 Å². The van der Waals surface area contributed by atoms with Crippen molar-refractivity contribution in [3.05, 3.63) is 60.8 Å². The van der Waals surface area contributed by atoms with Crippen molar-refractivity contribution >= 4 is 28.3 Å². The number of hydrogen-bond donors (Lipinski definition) is 1. The number of ether oxygens (including phenoxy) is 1. The molecule has 2 amide bonds. The lowest BCUT2D eigenvalue weighted by Gasteiger charge is -2.36. The van der Waals surface area contributed by atoms with Crippen LogP contribution in [0.5, 0.6) is 5.75 Å². The fraction of sp³-hybridized carbons (Fsp3) is 0.238. The average Bonchev–Trinajstić information content (AvgIpc) is 2.74. The Bertz CT molecular complexity index is 946. The van der Waals surface area contributed by atoms with Gasteiger partial charge < -0.3 is 19.9 Å². The quantitative estimate of drug-likeness (QED) is 0.773. The normalized spacial score (nSPS) is 14.3. The molecular weight excluding hydrogens is 340 g/mol. The Balaban J connectivity index is 1.41. The van der Waals surface area contributed by atoms with Crippen LogP contribution < -0.4 is 15.0 Å². The van der Waals surface area contributed by atoms with Gasteiger partial charge in [-0.2, -0.15) is 0 Å². The van der Waals surface area contributed by atoms with Gasteiger partial charge in [-0.25, -0.2) is 4.79 Å². The lowest BCUT2D eigenvalue weighted by Crippen LogP contribution is -2.50. The second-order valence-corrected chi connectivity index (χ2v) is 6.49. The second kappa shape index (κ2) is 7.53. The van der Waals surface area contributed by atoms with Gasteiger partial charge >= 0.3 is 6.03 Å². The van der Waals surface area contributed by atoms with Gasteiger partial charge in [0.15, 0.2) is 0 Å². The maximum absolute atomic E-state index is 12.7. The van der Waals surface area contributed by atoms with Crippen molar-refractivity contribution in [3.8, 4) is 5.75 Å². The summed E-state index contributed by atoms with van der Waals surface area (Å²) in [5.74, 6) is 0.844. The standard InChI is InChI=1S/C21H22N4O2/c1-27-18-8-3-7-17(15-18)24-11-13-25(14-12-24)21(26)23-19-9-2-5-16-6-4-10-22-20(16)19/h2-10,15H,11-14H2,1H3,(H,23,26). The minimum absolute atomic E-state index is 0.0848. The van der Waals surface area contributed by atoms with E-state index in [1.54, 1.807) is 13.3 Å². The van der Waals surface area contributed by atoms with E-state index in [0.717, 1.165) is 41.1 Å². The molecule has 138 valence electrons. The summed E-state index contributed by atoms with van der Waals surface area (Å²) >= 11 is 0. The van der Waals surface area contributed by atoms with E-state index in [1.165, 1.54) is 0 Å². The molecule has 0 radical (unpaired) electrons. The van der Waals surface area contributed by atoms with Crippen molar-refractivity contribution < 1.29 is 9.53 Å². The molecule has 2 heterocycles. The first-order chi connectivity index (χ1) is 13.2. The summed E-state index contributed by atoms with van der Waals surface area (Å²) < 4.78 is 5.30. The molecule has 0 unspecified atom stereocenters. The Hall–Kier alpha value is -3.28. The van der Waals surface area contributed by atoms with Gasteiger partial charge in [0, 0.05) is 49.5 Å². The van der Waals surface area contributed by atoms with E-state index in [1.807, 2.05) is 53.4 Å². The molecule has 1 aliphatic heterocycles. The molecule has 6 heteroatoms. The summed E-state index contributed by atoms with van der Waals surface area (Å²) in [5, 5.41) is 4.03. The van der Waals surface area contributed by atoms with Crippen LogP contribution in [0, 0.1) is 0 Å². The second-order valence-electron chi connectivity index (χ2n) is 6.49. The first kappa shape index (κ1) is 17.1. The number of piperazine rings is 1. The number of aromatic nitrogens is 1. The van der Waals surface area contributed by atoms with Crippen molar-refractivity contribution in [2.24, 2.45) is 0 Å². The number of carbonyl (C=O) groups is 1. The van der Waals surface area contributed by atoms with Gasteiger partial charge in [0.1, 0.15) is 5.75 Å². The Morgan fingerprint density at radius 1 is 1.04 bits per heavy atom. The average molecular weight is 362 g/mol. The topological polar surface area (TPSA) is 57.7 Å². The lowest BCUT2D eigenvalue weighted by molar-refractivity contribution is 0.208. The lowest BCUT2D eigenvalue weighted by atomic mass is 10.2. The SMILES string of the molecule is COc1cccc(N2CCN(C(=O)Nc3cccc4cccnc34)CC2)c1. The number of urea groups is 1. The van der Waals surface area contributed by atoms with Crippen LogP contribution in [-0.4, -0.2) is 49.2 Å². The minimum Gasteiger partial charge on any atom is -0.497 e. The van der Waals surface area contributed by atoms with E-state index in [0.29, 0.717) is 13.1 Å². The van der Waals surface area contributed by atoms with Gasteiger partial charge in [-0.1, -0.05) is 24.3 Å². The van der Waals surface area contributed by atoms with Gasteiger partial charge in [0.05, 0.1) is 18.3 Å². The molecule has 0 atom stereocenters. The predicted molar refractivity (Wildman–Crippen MR) is 108 cm³/mol. The van der Waals surface area contributed by atoms with Crippen LogP contribution in [0.3, 0.4) is 0 Å². The van der Waals surface area contributed by atoms with E-state index < -0.39 is 0 Å². The molecule has 1 aromatic heterocycles. The third-order valence-corrected chi connectivity index (χ3v) is 4.86. The van der Waals surface area contributed by atoms with Gasteiger partial charge in [0.2, 0.25) is 0 Å². The highest BCUT2D eigenvalue weighted by Gasteiger charge is 2.22. The third-order valence-electron chi connectivity index (χ3n) is 4.86. The number of pyridine rings is 1. The zero-order valence-corrected chi connectivity index (χ0v) is 15.3. The van der Waals surface area contributed by atoms with Crippen LogP contribution in [0.25, 0.3) is 10.9 Å². The molecule has 27 heavy (non-hydrogen) atoms. The van der Waals surface area contributed by atoms with Gasteiger partial charge in [-0.15, -0.1) is 0 Å². The molecular formula is C21H22N4O2. The maximum atomic E-state index is 12.7. The molecule has 2 aromatic carbocycles. The van der Waals surface area contributed by atoms with Gasteiger partial charge in [-0.05, 0) is 24.3 Å². The van der Waals surface area contributed by atoms with E-state index in [2.05, 4.69) is 21.3 Å². The van der Waals surface area contributed by atoms with Crippen LogP contribution in [-0.2, 0) is 0 Å². The highest BCUT2D eigenvalue weighted by Crippen LogP contribution is 2.23. The number of amides is 2. The number of carbonyl (C=O) groups excluding carboxylic acids is 1. The van der Waals surface area contributed by atoms with E-state index in [4.69, 9.17) is 4.74 Å². The fourth-order valence-electron chi connectivity index (χ4n) is 3.37. The number of nitrogens with one attached hydrogen (secondary N) is 1.